The minimum Gasteiger partial charge on any atom is -0.481 e. The maximum Gasteiger partial charge on any atom is 0.306 e. The van der Waals surface area contributed by atoms with Gasteiger partial charge in [-0.1, -0.05) is 0 Å². The standard InChI is InChI=1S/C12H21NO5S/c1-2-13-10(14)7-19(18)8-12(17)5-3-9(4-6-12)11(15)16/h9,17H,2-8H2,1H3,(H,13,14)(H,15,16). The molecule has 6 nitrogen and oxygen atoms in total. The Kier molecular flexibility index (Phi) is 5.93. The van der Waals surface area contributed by atoms with Crippen molar-refractivity contribution >= 4 is 22.7 Å². The van der Waals surface area contributed by atoms with Gasteiger partial charge in [-0.15, -0.1) is 0 Å². The molecule has 0 heterocycles. The number of carboxylic acid groups (broad SMARTS) is 1. The molecule has 0 aromatic heterocycles. The Labute approximate surface area is 115 Å². The molecule has 1 aliphatic rings. The molecule has 0 aromatic rings. The lowest BCUT2D eigenvalue weighted by Gasteiger charge is -2.34. The Balaban J connectivity index is 2.42. The second-order valence-corrected chi connectivity index (χ2v) is 6.48. The zero-order valence-corrected chi connectivity index (χ0v) is 11.9. The van der Waals surface area contributed by atoms with Gasteiger partial charge in [0.1, 0.15) is 5.75 Å². The van der Waals surface area contributed by atoms with Crippen LogP contribution in [0.5, 0.6) is 0 Å². The molecule has 1 amide bonds. The number of hydrogen-bond donors (Lipinski definition) is 3. The lowest BCUT2D eigenvalue weighted by molar-refractivity contribution is -0.144. The van der Waals surface area contributed by atoms with Crippen LogP contribution in [0.4, 0.5) is 0 Å². The molecule has 110 valence electrons. The van der Waals surface area contributed by atoms with Crippen molar-refractivity contribution in [2.45, 2.75) is 38.2 Å². The van der Waals surface area contributed by atoms with E-state index in [1.165, 1.54) is 0 Å². The first-order chi connectivity index (χ1) is 8.86. The molecule has 3 N–H and O–H groups in total. The largest absolute Gasteiger partial charge is 0.481 e. The summed E-state index contributed by atoms with van der Waals surface area (Å²) in [7, 11) is -1.42. The van der Waals surface area contributed by atoms with Gasteiger partial charge in [0.05, 0.1) is 17.3 Å². The first-order valence-corrected chi connectivity index (χ1v) is 7.92. The van der Waals surface area contributed by atoms with E-state index in [1.807, 2.05) is 0 Å². The third kappa shape index (κ3) is 5.28. The first kappa shape index (κ1) is 16.1. The summed E-state index contributed by atoms with van der Waals surface area (Å²) in [5.41, 5.74) is -1.09. The fourth-order valence-corrected chi connectivity index (χ4v) is 3.68. The molecule has 0 radical (unpaired) electrons. The highest BCUT2D eigenvalue weighted by Gasteiger charge is 2.37. The van der Waals surface area contributed by atoms with Crippen LogP contribution >= 0.6 is 0 Å². The van der Waals surface area contributed by atoms with Gasteiger partial charge in [-0.2, -0.15) is 0 Å². The van der Waals surface area contributed by atoms with Gasteiger partial charge in [-0.3, -0.25) is 13.8 Å². The predicted molar refractivity (Wildman–Crippen MR) is 71.1 cm³/mol. The van der Waals surface area contributed by atoms with Gasteiger partial charge in [0.15, 0.2) is 0 Å². The predicted octanol–water partition coefficient (Wildman–Crippen LogP) is -0.123. The molecule has 19 heavy (non-hydrogen) atoms. The van der Waals surface area contributed by atoms with E-state index in [9.17, 15) is 18.9 Å². The quantitative estimate of drug-likeness (QED) is 0.633. The van der Waals surface area contributed by atoms with Crippen molar-refractivity contribution in [2.24, 2.45) is 5.92 Å². The molecule has 1 aliphatic carbocycles. The van der Waals surface area contributed by atoms with Gasteiger partial charge in [-0.25, -0.2) is 0 Å². The molecular weight excluding hydrogens is 270 g/mol. The number of carboxylic acids is 1. The van der Waals surface area contributed by atoms with Crippen LogP contribution in [-0.4, -0.2) is 49.9 Å². The van der Waals surface area contributed by atoms with Gasteiger partial charge < -0.3 is 15.5 Å². The number of amides is 1. The minimum atomic E-state index is -1.42. The Bertz CT molecular complexity index is 363. The van der Waals surface area contributed by atoms with Crippen molar-refractivity contribution in [1.29, 1.82) is 0 Å². The van der Waals surface area contributed by atoms with Crippen LogP contribution in [0.25, 0.3) is 0 Å². The van der Waals surface area contributed by atoms with Crippen molar-refractivity contribution in [3.63, 3.8) is 0 Å². The fourth-order valence-electron chi connectivity index (χ4n) is 2.29. The normalized spacial score (nSPS) is 28.6. The lowest BCUT2D eigenvalue weighted by atomic mass is 9.80. The summed E-state index contributed by atoms with van der Waals surface area (Å²) in [5.74, 6) is -1.62. The summed E-state index contributed by atoms with van der Waals surface area (Å²) in [6.45, 7) is 2.27. The summed E-state index contributed by atoms with van der Waals surface area (Å²) >= 11 is 0. The lowest BCUT2D eigenvalue weighted by Crippen LogP contribution is -2.42. The summed E-state index contributed by atoms with van der Waals surface area (Å²) in [6.07, 6.45) is 1.44. The van der Waals surface area contributed by atoms with E-state index in [4.69, 9.17) is 5.11 Å². The Morgan fingerprint density at radius 3 is 2.42 bits per heavy atom. The number of carbonyl (C=O) groups is 2. The Hall–Kier alpha value is -0.950. The van der Waals surface area contributed by atoms with E-state index in [0.29, 0.717) is 32.2 Å². The Morgan fingerprint density at radius 2 is 1.95 bits per heavy atom. The van der Waals surface area contributed by atoms with Crippen LogP contribution in [0.3, 0.4) is 0 Å². The number of hydrogen-bond acceptors (Lipinski definition) is 4. The van der Waals surface area contributed by atoms with E-state index in [-0.39, 0.29) is 17.4 Å². The average molecular weight is 291 g/mol. The molecule has 0 bridgehead atoms. The van der Waals surface area contributed by atoms with Crippen LogP contribution < -0.4 is 5.32 Å². The fraction of sp³-hybridized carbons (Fsp3) is 0.833. The first-order valence-electron chi connectivity index (χ1n) is 6.43. The minimum absolute atomic E-state index is 0.0382. The summed E-state index contributed by atoms with van der Waals surface area (Å²) in [4.78, 5) is 22.1. The van der Waals surface area contributed by atoms with Gasteiger partial charge in [0.2, 0.25) is 5.91 Å². The van der Waals surface area contributed by atoms with Crippen molar-refractivity contribution in [1.82, 2.24) is 5.32 Å². The zero-order valence-electron chi connectivity index (χ0n) is 11.1. The molecule has 7 heteroatoms. The molecule has 1 saturated carbocycles. The van der Waals surface area contributed by atoms with E-state index in [2.05, 4.69) is 5.32 Å². The molecule has 0 aromatic carbocycles. The van der Waals surface area contributed by atoms with Crippen molar-refractivity contribution in [3.05, 3.63) is 0 Å². The summed E-state index contributed by atoms with van der Waals surface area (Å²) in [5, 5.41) is 21.7. The van der Waals surface area contributed by atoms with Crippen molar-refractivity contribution in [2.75, 3.05) is 18.1 Å². The van der Waals surface area contributed by atoms with E-state index in [1.54, 1.807) is 6.92 Å². The van der Waals surface area contributed by atoms with Crippen LogP contribution in [0, 0.1) is 5.92 Å². The monoisotopic (exact) mass is 291 g/mol. The third-order valence-electron chi connectivity index (χ3n) is 3.36. The van der Waals surface area contributed by atoms with Crippen molar-refractivity contribution in [3.8, 4) is 0 Å². The number of nitrogens with one attached hydrogen (secondary N) is 1. The van der Waals surface area contributed by atoms with Gasteiger partial charge >= 0.3 is 5.97 Å². The smallest absolute Gasteiger partial charge is 0.306 e. The maximum atomic E-state index is 11.8. The van der Waals surface area contributed by atoms with E-state index < -0.39 is 28.3 Å². The topological polar surface area (TPSA) is 104 Å². The highest BCUT2D eigenvalue weighted by Crippen LogP contribution is 2.32. The van der Waals surface area contributed by atoms with Gasteiger partial charge in [0, 0.05) is 17.3 Å². The molecule has 1 fully saturated rings. The van der Waals surface area contributed by atoms with Crippen LogP contribution in [0.1, 0.15) is 32.6 Å². The second-order valence-electron chi connectivity index (χ2n) is 5.02. The van der Waals surface area contributed by atoms with E-state index in [0.717, 1.165) is 0 Å². The molecule has 0 aliphatic heterocycles. The maximum absolute atomic E-state index is 11.8. The third-order valence-corrected chi connectivity index (χ3v) is 4.80. The molecule has 1 unspecified atom stereocenters. The Morgan fingerprint density at radius 1 is 1.37 bits per heavy atom. The number of aliphatic hydroxyl groups is 1. The molecule has 1 atom stereocenters. The van der Waals surface area contributed by atoms with Gasteiger partial charge in [0.25, 0.3) is 0 Å². The highest BCUT2D eigenvalue weighted by molar-refractivity contribution is 7.85. The zero-order chi connectivity index (χ0) is 14.5. The van der Waals surface area contributed by atoms with Crippen molar-refractivity contribution < 1.29 is 24.0 Å². The number of carbonyl (C=O) groups excluding carboxylic acids is 1. The molecule has 0 spiro atoms. The number of aliphatic carboxylic acids is 1. The average Bonchev–Trinajstić information content (AvgIpc) is 2.28. The molecular formula is C12H21NO5S. The molecule has 1 rings (SSSR count). The summed E-state index contributed by atoms with van der Waals surface area (Å²) in [6, 6.07) is 0. The van der Waals surface area contributed by atoms with E-state index >= 15 is 0 Å². The highest BCUT2D eigenvalue weighted by atomic mass is 32.2. The van der Waals surface area contributed by atoms with Crippen LogP contribution in [-0.2, 0) is 20.4 Å². The SMILES string of the molecule is CCNC(=O)CS(=O)CC1(O)CCC(C(=O)O)CC1. The summed E-state index contributed by atoms with van der Waals surface area (Å²) < 4.78 is 11.8. The van der Waals surface area contributed by atoms with Gasteiger partial charge in [-0.05, 0) is 32.6 Å². The van der Waals surface area contributed by atoms with Crippen LogP contribution in [0.2, 0.25) is 0 Å². The van der Waals surface area contributed by atoms with Crippen LogP contribution in [0.15, 0.2) is 0 Å². The second kappa shape index (κ2) is 7.00. The molecule has 0 saturated heterocycles. The number of rotatable bonds is 6.